The van der Waals surface area contributed by atoms with E-state index in [0.717, 1.165) is 24.4 Å². The third-order valence-electron chi connectivity index (χ3n) is 3.32. The summed E-state index contributed by atoms with van der Waals surface area (Å²) >= 11 is 0. The number of fused-ring (bicyclic) bond motifs is 1. The first-order valence-electron chi connectivity index (χ1n) is 5.30. The van der Waals surface area contributed by atoms with E-state index >= 15 is 0 Å². The lowest BCUT2D eigenvalue weighted by Crippen LogP contribution is -2.00. The molecule has 1 fully saturated rings. The van der Waals surface area contributed by atoms with E-state index in [1.807, 2.05) is 0 Å². The van der Waals surface area contributed by atoms with E-state index in [2.05, 4.69) is 32.9 Å². The van der Waals surface area contributed by atoms with Crippen LogP contribution in [0, 0.1) is 17.8 Å². The van der Waals surface area contributed by atoms with Gasteiger partial charge >= 0.3 is 0 Å². The molecule has 3 atom stereocenters. The molecule has 0 aromatic rings. The van der Waals surface area contributed by atoms with Gasteiger partial charge in [0, 0.05) is 5.92 Å². The highest BCUT2D eigenvalue weighted by Crippen LogP contribution is 2.58. The van der Waals surface area contributed by atoms with E-state index in [1.165, 1.54) is 12.2 Å². The van der Waals surface area contributed by atoms with Gasteiger partial charge in [-0.25, -0.2) is 0 Å². The number of hydrogen-bond donors (Lipinski definition) is 0. The Morgan fingerprint density at radius 2 is 2.00 bits per heavy atom. The van der Waals surface area contributed by atoms with Crippen molar-refractivity contribution in [3.63, 3.8) is 0 Å². The van der Waals surface area contributed by atoms with Crippen LogP contribution >= 0.6 is 0 Å². The van der Waals surface area contributed by atoms with Crippen molar-refractivity contribution in [2.24, 2.45) is 17.8 Å². The monoisotopic (exact) mass is 178 g/mol. The van der Waals surface area contributed by atoms with Gasteiger partial charge in [0.05, 0.1) is 12.4 Å². The molecule has 0 aromatic carbocycles. The Balaban J connectivity index is 2.14. The third-order valence-corrected chi connectivity index (χ3v) is 3.32. The van der Waals surface area contributed by atoms with E-state index in [1.54, 1.807) is 5.57 Å². The predicted octanol–water partition coefficient (Wildman–Crippen LogP) is 3.14. The van der Waals surface area contributed by atoms with Crippen molar-refractivity contribution in [1.29, 1.82) is 0 Å². The molecule has 0 radical (unpaired) electrons. The molecule has 1 heteroatoms. The van der Waals surface area contributed by atoms with E-state index in [-0.39, 0.29) is 0 Å². The van der Waals surface area contributed by atoms with Crippen molar-refractivity contribution in [1.82, 2.24) is 0 Å². The van der Waals surface area contributed by atoms with Gasteiger partial charge in [-0.05, 0) is 31.8 Å². The van der Waals surface area contributed by atoms with Crippen LogP contribution in [0.4, 0.5) is 0 Å². The molecule has 72 valence electrons. The fraction of sp³-hybridized carbons (Fsp3) is 0.667. The van der Waals surface area contributed by atoms with E-state index in [4.69, 9.17) is 4.74 Å². The minimum absolute atomic E-state index is 0.718. The minimum Gasteiger partial charge on any atom is -0.498 e. The zero-order valence-electron chi connectivity index (χ0n) is 8.71. The molecule has 0 N–H and O–H groups in total. The normalized spacial score (nSPS) is 36.1. The van der Waals surface area contributed by atoms with Crippen molar-refractivity contribution in [2.75, 3.05) is 6.61 Å². The molecule has 3 unspecified atom stereocenters. The summed E-state index contributed by atoms with van der Waals surface area (Å²) in [7, 11) is 0. The van der Waals surface area contributed by atoms with Gasteiger partial charge in [-0.1, -0.05) is 25.0 Å². The summed E-state index contributed by atoms with van der Waals surface area (Å²) in [6.45, 7) is 7.38. The summed E-state index contributed by atoms with van der Waals surface area (Å²) in [4.78, 5) is 0. The number of ether oxygens (including phenoxy) is 1. The lowest BCUT2D eigenvalue weighted by Gasteiger charge is -2.11. The van der Waals surface area contributed by atoms with Gasteiger partial charge in [0.15, 0.2) is 0 Å². The van der Waals surface area contributed by atoms with Gasteiger partial charge in [-0.3, -0.25) is 0 Å². The molecule has 2 rings (SSSR count). The van der Waals surface area contributed by atoms with Gasteiger partial charge in [0.1, 0.15) is 0 Å². The third kappa shape index (κ3) is 1.31. The van der Waals surface area contributed by atoms with Gasteiger partial charge < -0.3 is 4.74 Å². The summed E-state index contributed by atoms with van der Waals surface area (Å²) in [6, 6.07) is 0. The summed E-state index contributed by atoms with van der Waals surface area (Å²) in [6.07, 6.45) is 5.67. The fourth-order valence-corrected chi connectivity index (χ4v) is 2.64. The Morgan fingerprint density at radius 3 is 2.62 bits per heavy atom. The molecule has 0 saturated heterocycles. The molecule has 2 aliphatic rings. The maximum Gasteiger partial charge on any atom is 0.0999 e. The second kappa shape index (κ2) is 3.21. The Hall–Kier alpha value is -0.720. The van der Waals surface area contributed by atoms with Gasteiger partial charge in [-0.15, -0.1) is 0 Å². The van der Waals surface area contributed by atoms with Crippen LogP contribution in [0.3, 0.4) is 0 Å². The maximum absolute atomic E-state index is 5.63. The Morgan fingerprint density at radius 1 is 1.23 bits per heavy atom. The molecule has 0 aromatic heterocycles. The van der Waals surface area contributed by atoms with Crippen molar-refractivity contribution in [2.45, 2.75) is 27.2 Å². The molecule has 0 bridgehead atoms. The fourth-order valence-electron chi connectivity index (χ4n) is 2.64. The van der Waals surface area contributed by atoms with Crippen LogP contribution in [-0.2, 0) is 4.74 Å². The first-order chi connectivity index (χ1) is 6.29. The molecule has 2 aliphatic carbocycles. The zero-order chi connectivity index (χ0) is 9.42. The van der Waals surface area contributed by atoms with Crippen LogP contribution < -0.4 is 0 Å². The lowest BCUT2D eigenvalue weighted by atomic mass is 10.1. The first kappa shape index (κ1) is 8.86. The summed E-state index contributed by atoms with van der Waals surface area (Å²) < 4.78 is 5.63. The topological polar surface area (TPSA) is 9.23 Å². The van der Waals surface area contributed by atoms with Crippen molar-refractivity contribution in [3.8, 4) is 0 Å². The largest absolute Gasteiger partial charge is 0.498 e. The molecule has 1 nitrogen and oxygen atoms in total. The second-order valence-corrected chi connectivity index (χ2v) is 4.04. The highest BCUT2D eigenvalue weighted by atomic mass is 16.5. The van der Waals surface area contributed by atoms with Crippen LogP contribution in [0.25, 0.3) is 0 Å². The smallest absolute Gasteiger partial charge is 0.0999 e. The number of hydrogen-bond acceptors (Lipinski definition) is 1. The Labute approximate surface area is 80.5 Å². The van der Waals surface area contributed by atoms with Crippen molar-refractivity contribution < 1.29 is 4.74 Å². The van der Waals surface area contributed by atoms with E-state index in [9.17, 15) is 0 Å². The van der Waals surface area contributed by atoms with Crippen molar-refractivity contribution in [3.05, 3.63) is 23.5 Å². The minimum atomic E-state index is 0.718. The SMILES string of the molecule is CCOC1=CC=C(C)C2C(CC)C12. The highest BCUT2D eigenvalue weighted by Gasteiger charge is 2.53. The van der Waals surface area contributed by atoms with Gasteiger partial charge in [0.2, 0.25) is 0 Å². The summed E-state index contributed by atoms with van der Waals surface area (Å²) in [5.41, 5.74) is 1.54. The lowest BCUT2D eigenvalue weighted by molar-refractivity contribution is 0.207. The molecular weight excluding hydrogens is 160 g/mol. The summed E-state index contributed by atoms with van der Waals surface area (Å²) in [5, 5.41) is 0. The van der Waals surface area contributed by atoms with Crippen LogP contribution in [0.1, 0.15) is 27.2 Å². The van der Waals surface area contributed by atoms with Gasteiger partial charge in [0.25, 0.3) is 0 Å². The molecule has 0 heterocycles. The Bertz CT molecular complexity index is 262. The molecule has 0 amide bonds. The van der Waals surface area contributed by atoms with Crippen LogP contribution in [0.5, 0.6) is 0 Å². The predicted molar refractivity (Wildman–Crippen MR) is 54.2 cm³/mol. The highest BCUT2D eigenvalue weighted by molar-refractivity contribution is 5.34. The van der Waals surface area contributed by atoms with Crippen LogP contribution in [-0.4, -0.2) is 6.61 Å². The maximum atomic E-state index is 5.63. The van der Waals surface area contributed by atoms with E-state index in [0.29, 0.717) is 0 Å². The molecule has 0 spiro atoms. The first-order valence-corrected chi connectivity index (χ1v) is 5.30. The summed E-state index contributed by atoms with van der Waals surface area (Å²) in [5.74, 6) is 3.60. The quantitative estimate of drug-likeness (QED) is 0.645. The molecule has 1 saturated carbocycles. The molecule has 13 heavy (non-hydrogen) atoms. The average molecular weight is 178 g/mol. The number of allylic oxidation sites excluding steroid dienone is 4. The zero-order valence-corrected chi connectivity index (χ0v) is 8.71. The van der Waals surface area contributed by atoms with Gasteiger partial charge in [-0.2, -0.15) is 0 Å². The van der Waals surface area contributed by atoms with Crippen LogP contribution in [0.15, 0.2) is 23.5 Å². The second-order valence-electron chi connectivity index (χ2n) is 4.04. The average Bonchev–Trinajstić information content (AvgIpc) is 2.85. The molecule has 0 aliphatic heterocycles. The molecular formula is C12H18O. The standard InChI is InChI=1S/C12H18O/c1-4-9-11-8(3)6-7-10(12(9)11)13-5-2/h6-7,9,11-12H,4-5H2,1-3H3. The van der Waals surface area contributed by atoms with Crippen LogP contribution in [0.2, 0.25) is 0 Å². The number of rotatable bonds is 3. The van der Waals surface area contributed by atoms with E-state index < -0.39 is 0 Å². The Kier molecular flexibility index (Phi) is 2.19. The van der Waals surface area contributed by atoms with Crippen molar-refractivity contribution >= 4 is 0 Å².